The Hall–Kier alpha value is -1.37. The minimum Gasteiger partial charge on any atom is -0.253 e. The van der Waals surface area contributed by atoms with Gasteiger partial charge in [0.15, 0.2) is 0 Å². The van der Waals surface area contributed by atoms with E-state index < -0.39 is 0 Å². The van der Waals surface area contributed by atoms with Gasteiger partial charge >= 0.3 is 0 Å². The van der Waals surface area contributed by atoms with Crippen molar-refractivity contribution in [2.24, 2.45) is 0 Å². The Morgan fingerprint density at radius 3 is 2.92 bits per heavy atom. The summed E-state index contributed by atoms with van der Waals surface area (Å²) in [6.45, 7) is 2.03. The van der Waals surface area contributed by atoms with Gasteiger partial charge in [-0.15, -0.1) is 0 Å². The first-order valence-electron chi connectivity index (χ1n) is 4.66. The summed E-state index contributed by atoms with van der Waals surface area (Å²) in [4.78, 5) is 4.49. The van der Waals surface area contributed by atoms with E-state index in [-0.39, 0.29) is 0 Å². The maximum atomic E-state index is 4.49. The number of hydrogen-bond donors (Lipinski definition) is 0. The van der Waals surface area contributed by atoms with Crippen LogP contribution in [-0.2, 0) is 0 Å². The SMILES string of the molecule is Cc1cccc(C2=CC=CCC2)n1. The van der Waals surface area contributed by atoms with Gasteiger partial charge in [0.1, 0.15) is 0 Å². The highest BCUT2D eigenvalue weighted by molar-refractivity contribution is 5.65. The molecule has 0 aliphatic heterocycles. The fourth-order valence-electron chi connectivity index (χ4n) is 1.54. The van der Waals surface area contributed by atoms with E-state index in [1.807, 2.05) is 13.0 Å². The largest absolute Gasteiger partial charge is 0.253 e. The molecule has 66 valence electrons. The Morgan fingerprint density at radius 1 is 1.31 bits per heavy atom. The number of aryl methyl sites for hydroxylation is 1. The van der Waals surface area contributed by atoms with Crippen LogP contribution in [0.4, 0.5) is 0 Å². The maximum absolute atomic E-state index is 4.49. The van der Waals surface area contributed by atoms with E-state index in [1.165, 1.54) is 5.57 Å². The molecule has 0 bridgehead atoms. The van der Waals surface area contributed by atoms with Crippen LogP contribution < -0.4 is 0 Å². The Balaban J connectivity index is 2.34. The van der Waals surface area contributed by atoms with Crippen LogP contribution >= 0.6 is 0 Å². The molecular weight excluding hydrogens is 158 g/mol. The highest BCUT2D eigenvalue weighted by atomic mass is 14.7. The molecular formula is C12H13N. The summed E-state index contributed by atoms with van der Waals surface area (Å²) < 4.78 is 0. The fraction of sp³-hybridized carbons (Fsp3) is 0.250. The smallest absolute Gasteiger partial charge is 0.0664 e. The molecule has 1 aromatic rings. The van der Waals surface area contributed by atoms with Crippen LogP contribution in [0.15, 0.2) is 36.4 Å². The fourth-order valence-corrected chi connectivity index (χ4v) is 1.54. The van der Waals surface area contributed by atoms with E-state index in [9.17, 15) is 0 Å². The van der Waals surface area contributed by atoms with Gasteiger partial charge in [-0.3, -0.25) is 4.98 Å². The van der Waals surface area contributed by atoms with Gasteiger partial charge in [0.25, 0.3) is 0 Å². The van der Waals surface area contributed by atoms with Crippen LogP contribution in [0.3, 0.4) is 0 Å². The van der Waals surface area contributed by atoms with E-state index in [0.717, 1.165) is 24.2 Å². The molecule has 13 heavy (non-hydrogen) atoms. The van der Waals surface area contributed by atoms with Crippen LogP contribution in [0.2, 0.25) is 0 Å². The molecule has 0 N–H and O–H groups in total. The molecule has 1 aliphatic carbocycles. The van der Waals surface area contributed by atoms with Crippen molar-refractivity contribution in [3.05, 3.63) is 47.8 Å². The average molecular weight is 171 g/mol. The lowest BCUT2D eigenvalue weighted by atomic mass is 10.0. The summed E-state index contributed by atoms with van der Waals surface area (Å²) in [5.74, 6) is 0. The monoisotopic (exact) mass is 171 g/mol. The molecule has 1 heteroatoms. The number of nitrogens with zero attached hydrogens (tertiary/aromatic N) is 1. The van der Waals surface area contributed by atoms with Gasteiger partial charge in [0.05, 0.1) is 5.69 Å². The second-order valence-electron chi connectivity index (χ2n) is 3.32. The molecule has 0 amide bonds. The first-order chi connectivity index (χ1) is 6.36. The maximum Gasteiger partial charge on any atom is 0.0664 e. The quantitative estimate of drug-likeness (QED) is 0.632. The molecule has 1 nitrogen and oxygen atoms in total. The standard InChI is InChI=1S/C12H13N/c1-10-6-5-9-12(13-10)11-7-3-2-4-8-11/h2-3,5-7,9H,4,8H2,1H3. The summed E-state index contributed by atoms with van der Waals surface area (Å²) in [5, 5.41) is 0. The van der Waals surface area contributed by atoms with Crippen LogP contribution in [0, 0.1) is 6.92 Å². The van der Waals surface area contributed by atoms with Crippen molar-refractivity contribution in [3.8, 4) is 0 Å². The second kappa shape index (κ2) is 3.56. The van der Waals surface area contributed by atoms with E-state index in [4.69, 9.17) is 0 Å². The lowest BCUT2D eigenvalue weighted by Crippen LogP contribution is -1.92. The molecule has 0 saturated heterocycles. The molecule has 0 aromatic carbocycles. The van der Waals surface area contributed by atoms with E-state index >= 15 is 0 Å². The van der Waals surface area contributed by atoms with Gasteiger partial charge in [0, 0.05) is 5.69 Å². The zero-order valence-electron chi connectivity index (χ0n) is 7.83. The Kier molecular flexibility index (Phi) is 2.26. The van der Waals surface area contributed by atoms with Crippen LogP contribution in [0.1, 0.15) is 24.2 Å². The summed E-state index contributed by atoms with van der Waals surface area (Å²) in [5.41, 5.74) is 3.57. The number of pyridine rings is 1. The van der Waals surface area contributed by atoms with Crippen molar-refractivity contribution in [2.45, 2.75) is 19.8 Å². The Bertz CT molecular complexity index is 361. The lowest BCUT2D eigenvalue weighted by molar-refractivity contribution is 1.03. The van der Waals surface area contributed by atoms with E-state index in [2.05, 4.69) is 35.3 Å². The predicted molar refractivity (Wildman–Crippen MR) is 55.3 cm³/mol. The zero-order chi connectivity index (χ0) is 9.10. The van der Waals surface area contributed by atoms with Crippen molar-refractivity contribution < 1.29 is 0 Å². The van der Waals surface area contributed by atoms with Crippen LogP contribution in [0.5, 0.6) is 0 Å². The predicted octanol–water partition coefficient (Wildman–Crippen LogP) is 3.12. The van der Waals surface area contributed by atoms with E-state index in [0.29, 0.717) is 0 Å². The van der Waals surface area contributed by atoms with Gasteiger partial charge in [-0.1, -0.05) is 24.3 Å². The topological polar surface area (TPSA) is 12.9 Å². The van der Waals surface area contributed by atoms with Gasteiger partial charge in [-0.25, -0.2) is 0 Å². The average Bonchev–Trinajstić information content (AvgIpc) is 2.19. The molecule has 0 spiro atoms. The molecule has 0 saturated carbocycles. The van der Waals surface area contributed by atoms with E-state index in [1.54, 1.807) is 0 Å². The van der Waals surface area contributed by atoms with Gasteiger partial charge in [-0.05, 0) is 37.5 Å². The summed E-state index contributed by atoms with van der Waals surface area (Å²) >= 11 is 0. The number of rotatable bonds is 1. The molecule has 2 rings (SSSR count). The number of allylic oxidation sites excluding steroid dienone is 4. The second-order valence-corrected chi connectivity index (χ2v) is 3.32. The minimum absolute atomic E-state index is 1.09. The number of hydrogen-bond acceptors (Lipinski definition) is 1. The molecule has 1 aliphatic rings. The highest BCUT2D eigenvalue weighted by Crippen LogP contribution is 2.21. The summed E-state index contributed by atoms with van der Waals surface area (Å²) in [6, 6.07) is 6.18. The van der Waals surface area contributed by atoms with Crippen molar-refractivity contribution in [1.82, 2.24) is 4.98 Å². The molecule has 1 heterocycles. The lowest BCUT2D eigenvalue weighted by Gasteiger charge is -2.08. The zero-order valence-corrected chi connectivity index (χ0v) is 7.83. The minimum atomic E-state index is 1.09. The van der Waals surface area contributed by atoms with Gasteiger partial charge in [0.2, 0.25) is 0 Å². The third-order valence-electron chi connectivity index (χ3n) is 2.23. The molecule has 0 atom stereocenters. The molecule has 0 radical (unpaired) electrons. The van der Waals surface area contributed by atoms with Crippen molar-refractivity contribution in [1.29, 1.82) is 0 Å². The third kappa shape index (κ3) is 1.86. The van der Waals surface area contributed by atoms with Gasteiger partial charge < -0.3 is 0 Å². The van der Waals surface area contributed by atoms with Crippen LogP contribution in [0.25, 0.3) is 5.57 Å². The number of aromatic nitrogens is 1. The molecule has 1 aromatic heterocycles. The van der Waals surface area contributed by atoms with Crippen molar-refractivity contribution in [3.63, 3.8) is 0 Å². The Morgan fingerprint density at radius 2 is 2.23 bits per heavy atom. The van der Waals surface area contributed by atoms with Crippen LogP contribution in [-0.4, -0.2) is 4.98 Å². The normalized spacial score (nSPS) is 15.6. The van der Waals surface area contributed by atoms with Crippen molar-refractivity contribution in [2.75, 3.05) is 0 Å². The summed E-state index contributed by atoms with van der Waals surface area (Å²) in [7, 11) is 0. The van der Waals surface area contributed by atoms with Crippen molar-refractivity contribution >= 4 is 5.57 Å². The molecule has 0 fully saturated rings. The first kappa shape index (κ1) is 8.24. The summed E-state index contributed by atoms with van der Waals surface area (Å²) in [6.07, 6.45) is 8.72. The first-order valence-corrected chi connectivity index (χ1v) is 4.66. The third-order valence-corrected chi connectivity index (χ3v) is 2.23. The van der Waals surface area contributed by atoms with Gasteiger partial charge in [-0.2, -0.15) is 0 Å². The molecule has 0 unspecified atom stereocenters. The Labute approximate surface area is 78.8 Å². The highest BCUT2D eigenvalue weighted by Gasteiger charge is 2.03.